The maximum atomic E-state index is 14.0. The Kier molecular flexibility index (Phi) is 8.18. The highest BCUT2D eigenvalue weighted by Gasteiger charge is 2.51. The lowest BCUT2D eigenvalue weighted by Gasteiger charge is -2.37. The van der Waals surface area contributed by atoms with Gasteiger partial charge in [-0.3, -0.25) is 9.62 Å². The van der Waals surface area contributed by atoms with Crippen molar-refractivity contribution in [1.29, 1.82) is 0 Å². The number of rotatable bonds is 8. The summed E-state index contributed by atoms with van der Waals surface area (Å²) in [6.07, 6.45) is -8.08. The molecule has 1 amide bonds. The van der Waals surface area contributed by atoms with Gasteiger partial charge in [0, 0.05) is 18.2 Å². The topological polar surface area (TPSA) is 152 Å². The van der Waals surface area contributed by atoms with Crippen molar-refractivity contribution in [1.82, 2.24) is 0 Å². The number of halogens is 4. The number of benzene rings is 2. The molecule has 16 heteroatoms. The third kappa shape index (κ3) is 6.33. The van der Waals surface area contributed by atoms with Crippen molar-refractivity contribution >= 4 is 33.5 Å². The fourth-order valence-electron chi connectivity index (χ4n) is 3.62. The van der Waals surface area contributed by atoms with Gasteiger partial charge in [-0.2, -0.15) is 13.2 Å². The van der Waals surface area contributed by atoms with Crippen molar-refractivity contribution in [2.24, 2.45) is 0 Å². The van der Waals surface area contributed by atoms with Crippen LogP contribution in [0, 0.1) is 5.82 Å². The molecule has 2 unspecified atom stereocenters. The smallest absolute Gasteiger partial charge is 0.427 e. The van der Waals surface area contributed by atoms with Crippen LogP contribution in [0.3, 0.4) is 0 Å². The average molecular weight is 595 g/mol. The quantitative estimate of drug-likeness (QED) is 0.387. The monoisotopic (exact) mass is 594 g/mol. The Hall–Kier alpha value is -3.79. The van der Waals surface area contributed by atoms with Crippen molar-refractivity contribution in [3.63, 3.8) is 0 Å². The molecule has 0 aromatic heterocycles. The fraction of sp³-hybridized carbons (Fsp3) is 0.417. The molecule has 1 aliphatic rings. The molecule has 2 aromatic carbocycles. The number of hydrogen-bond donors (Lipinski definition) is 3. The van der Waals surface area contributed by atoms with E-state index in [1.807, 2.05) is 0 Å². The molecule has 11 nitrogen and oxygen atoms in total. The number of carboxylic acids is 1. The number of carbonyl (C=O) groups excluding carboxylic acids is 1. The Bertz CT molecular complexity index is 1410. The summed E-state index contributed by atoms with van der Waals surface area (Å²) in [6.45, 7) is 1.75. The summed E-state index contributed by atoms with van der Waals surface area (Å²) in [5.41, 5.74) is -5.49. The van der Waals surface area contributed by atoms with Crippen molar-refractivity contribution in [3.8, 4) is 11.5 Å². The summed E-state index contributed by atoms with van der Waals surface area (Å²) < 4.78 is 96.5. The van der Waals surface area contributed by atoms with E-state index in [1.165, 1.54) is 12.1 Å². The number of sulfonamides is 1. The minimum atomic E-state index is -4.87. The third-order valence-corrected chi connectivity index (χ3v) is 7.74. The number of aliphatic hydroxyl groups is 1. The van der Waals surface area contributed by atoms with Crippen molar-refractivity contribution in [2.45, 2.75) is 55.6 Å². The van der Waals surface area contributed by atoms with Crippen LogP contribution in [0.1, 0.15) is 27.2 Å². The standard InChI is InChI=1S/C24H26F4N2O9S/c1-22(2,24(26,27)28)39-21(33)29-13-5-8-18-17(9-13)30(12-14(38-18)11-23(3,34)20(31)32)40(35,36)15-6-7-16(25)19(10-15)37-4/h5-10,14,34H,11-12H2,1-4H3,(H,29,33)(H,31,32). The van der Waals surface area contributed by atoms with Gasteiger partial charge in [-0.1, -0.05) is 0 Å². The minimum absolute atomic E-state index is 0.121. The van der Waals surface area contributed by atoms with Crippen LogP contribution in [0.5, 0.6) is 11.5 Å². The number of carboxylic acid groups (broad SMARTS) is 1. The zero-order chi connectivity index (χ0) is 30.3. The minimum Gasteiger partial charge on any atom is -0.494 e. The maximum Gasteiger partial charge on any atom is 0.427 e. The lowest BCUT2D eigenvalue weighted by atomic mass is 9.98. The van der Waals surface area contributed by atoms with Crippen LogP contribution in [0.4, 0.5) is 33.7 Å². The van der Waals surface area contributed by atoms with E-state index >= 15 is 0 Å². The van der Waals surface area contributed by atoms with Crippen LogP contribution in [-0.4, -0.2) is 67.8 Å². The number of anilines is 2. The highest BCUT2D eigenvalue weighted by atomic mass is 32.2. The van der Waals surface area contributed by atoms with Crippen molar-refractivity contribution in [2.75, 3.05) is 23.3 Å². The molecule has 0 saturated carbocycles. The number of hydrogen-bond acceptors (Lipinski definition) is 8. The van der Waals surface area contributed by atoms with Crippen molar-refractivity contribution in [3.05, 3.63) is 42.2 Å². The van der Waals surface area contributed by atoms with E-state index in [-0.39, 0.29) is 22.9 Å². The van der Waals surface area contributed by atoms with Gasteiger partial charge in [0.1, 0.15) is 11.9 Å². The van der Waals surface area contributed by atoms with Crippen LogP contribution in [0.2, 0.25) is 0 Å². The Morgan fingerprint density at radius 1 is 1.15 bits per heavy atom. The summed E-state index contributed by atoms with van der Waals surface area (Å²) in [5, 5.41) is 21.6. The van der Waals surface area contributed by atoms with Gasteiger partial charge in [-0.05, 0) is 51.1 Å². The summed E-state index contributed by atoms with van der Waals surface area (Å²) in [4.78, 5) is 23.2. The van der Waals surface area contributed by atoms with Gasteiger partial charge in [0.05, 0.1) is 24.2 Å². The van der Waals surface area contributed by atoms with Crippen LogP contribution >= 0.6 is 0 Å². The zero-order valence-corrected chi connectivity index (χ0v) is 22.4. The van der Waals surface area contributed by atoms with Gasteiger partial charge >= 0.3 is 18.2 Å². The molecule has 0 spiro atoms. The first-order valence-corrected chi connectivity index (χ1v) is 12.9. The molecule has 0 radical (unpaired) electrons. The highest BCUT2D eigenvalue weighted by Crippen LogP contribution is 2.41. The number of fused-ring (bicyclic) bond motifs is 1. The second-order valence-corrected chi connectivity index (χ2v) is 11.4. The second kappa shape index (κ2) is 10.6. The van der Waals surface area contributed by atoms with Gasteiger partial charge < -0.3 is 24.4 Å². The van der Waals surface area contributed by atoms with Crippen LogP contribution in [0.25, 0.3) is 0 Å². The van der Waals surface area contributed by atoms with E-state index in [0.717, 1.165) is 42.6 Å². The number of nitrogens with one attached hydrogen (secondary N) is 1. The number of nitrogens with zero attached hydrogens (tertiary/aromatic N) is 1. The van der Waals surface area contributed by atoms with Crippen molar-refractivity contribution < 1.29 is 60.0 Å². The SMILES string of the molecule is COc1cc(S(=O)(=O)N2CC(CC(C)(O)C(=O)O)Oc3ccc(NC(=O)OC(C)(C)C(F)(F)F)cc32)ccc1F. The Labute approximate surface area is 226 Å². The van der Waals surface area contributed by atoms with Gasteiger partial charge in [-0.15, -0.1) is 0 Å². The Balaban J connectivity index is 2.03. The molecule has 40 heavy (non-hydrogen) atoms. The number of alkyl halides is 3. The lowest BCUT2D eigenvalue weighted by molar-refractivity contribution is -0.242. The summed E-state index contributed by atoms with van der Waals surface area (Å²) in [5.74, 6) is -2.93. The molecule has 2 aromatic rings. The van der Waals surface area contributed by atoms with Gasteiger partial charge in [-0.25, -0.2) is 22.4 Å². The number of methoxy groups -OCH3 is 1. The maximum absolute atomic E-state index is 14.0. The number of aliphatic carboxylic acids is 1. The highest BCUT2D eigenvalue weighted by molar-refractivity contribution is 7.92. The molecule has 0 bridgehead atoms. The largest absolute Gasteiger partial charge is 0.494 e. The Morgan fingerprint density at radius 3 is 2.38 bits per heavy atom. The summed E-state index contributed by atoms with van der Waals surface area (Å²) in [6, 6.07) is 6.20. The van der Waals surface area contributed by atoms with Crippen LogP contribution in [0.15, 0.2) is 41.3 Å². The molecule has 0 fully saturated rings. The molecule has 1 aliphatic heterocycles. The van der Waals surface area contributed by atoms with E-state index < -0.39 is 69.2 Å². The predicted octanol–water partition coefficient (Wildman–Crippen LogP) is 3.91. The summed E-state index contributed by atoms with van der Waals surface area (Å²) in [7, 11) is -3.42. The van der Waals surface area contributed by atoms with Gasteiger partial charge in [0.25, 0.3) is 10.0 Å². The lowest BCUT2D eigenvalue weighted by Crippen LogP contribution is -2.48. The predicted molar refractivity (Wildman–Crippen MR) is 131 cm³/mol. The zero-order valence-electron chi connectivity index (χ0n) is 21.6. The van der Waals surface area contributed by atoms with Crippen LogP contribution in [-0.2, 0) is 19.6 Å². The molecular formula is C24H26F4N2O9S. The number of amides is 1. The van der Waals surface area contributed by atoms with Gasteiger partial charge in [0.15, 0.2) is 17.2 Å². The fourth-order valence-corrected chi connectivity index (χ4v) is 5.13. The van der Waals surface area contributed by atoms with E-state index in [9.17, 15) is 45.8 Å². The molecule has 1 heterocycles. The molecule has 0 aliphatic carbocycles. The number of carbonyl (C=O) groups is 2. The molecule has 2 atom stereocenters. The molecule has 3 N–H and O–H groups in total. The van der Waals surface area contributed by atoms with E-state index in [0.29, 0.717) is 13.8 Å². The Morgan fingerprint density at radius 2 is 1.80 bits per heavy atom. The second-order valence-electron chi connectivity index (χ2n) is 9.56. The first-order valence-electron chi connectivity index (χ1n) is 11.5. The first-order chi connectivity index (χ1) is 18.3. The normalized spacial score (nSPS) is 17.2. The molecule has 3 rings (SSSR count). The van der Waals surface area contributed by atoms with Gasteiger partial charge in [0.2, 0.25) is 5.60 Å². The first kappa shape index (κ1) is 30.7. The number of ether oxygens (including phenoxy) is 3. The van der Waals surface area contributed by atoms with E-state index in [1.54, 1.807) is 0 Å². The molecule has 220 valence electrons. The van der Waals surface area contributed by atoms with E-state index in [2.05, 4.69) is 10.1 Å². The average Bonchev–Trinajstić information content (AvgIpc) is 2.82. The molecular weight excluding hydrogens is 568 g/mol. The summed E-state index contributed by atoms with van der Waals surface area (Å²) >= 11 is 0. The van der Waals surface area contributed by atoms with E-state index in [4.69, 9.17) is 9.47 Å². The van der Waals surface area contributed by atoms with Crippen LogP contribution < -0.4 is 19.1 Å². The third-order valence-electron chi connectivity index (χ3n) is 5.96. The molecule has 0 saturated heterocycles.